The number of rotatable bonds is 6. The van der Waals surface area contributed by atoms with E-state index in [2.05, 4.69) is 40.4 Å². The molecule has 0 aliphatic carbocycles. The van der Waals surface area contributed by atoms with Crippen LogP contribution in [-0.2, 0) is 21.2 Å². The second-order valence-electron chi connectivity index (χ2n) is 13.9. The van der Waals surface area contributed by atoms with Crippen molar-refractivity contribution in [1.29, 1.82) is 0 Å². The first-order valence-electron chi connectivity index (χ1n) is 16.7. The van der Waals surface area contributed by atoms with Crippen molar-refractivity contribution in [3.63, 3.8) is 0 Å². The summed E-state index contributed by atoms with van der Waals surface area (Å²) in [6, 6.07) is 19.4. The van der Waals surface area contributed by atoms with Crippen LogP contribution in [-0.4, -0.2) is 79.7 Å². The van der Waals surface area contributed by atoms with Gasteiger partial charge in [-0.15, -0.1) is 0 Å². The molecule has 6 rings (SSSR count). The molecule has 4 heterocycles. The van der Waals surface area contributed by atoms with Gasteiger partial charge in [-0.3, -0.25) is 4.79 Å². The fraction of sp³-hybridized carbons (Fsp3) is 0.405. The summed E-state index contributed by atoms with van der Waals surface area (Å²) < 4.78 is 41.8. The Morgan fingerprint density at radius 1 is 0.918 bits per heavy atom. The maximum atomic E-state index is 14.4. The molecule has 49 heavy (non-hydrogen) atoms. The van der Waals surface area contributed by atoms with Gasteiger partial charge in [0.25, 0.3) is 15.9 Å². The molecule has 2 aliphatic rings. The Balaban J connectivity index is 1.41. The minimum absolute atomic E-state index is 0.0617. The van der Waals surface area contributed by atoms with Crippen molar-refractivity contribution in [1.82, 2.24) is 19.9 Å². The van der Waals surface area contributed by atoms with Crippen LogP contribution in [0.4, 0.5) is 11.8 Å². The van der Waals surface area contributed by atoms with Gasteiger partial charge in [0.15, 0.2) is 0 Å². The number of benzene rings is 2. The number of pyridine rings is 1. The quantitative estimate of drug-likeness (QED) is 0.273. The predicted molar refractivity (Wildman–Crippen MR) is 190 cm³/mol. The lowest BCUT2D eigenvalue weighted by Crippen LogP contribution is -2.46. The molecule has 12 heteroatoms. The van der Waals surface area contributed by atoms with E-state index in [1.54, 1.807) is 23.1 Å². The number of nitrogens with one attached hydrogen (secondary N) is 1. The van der Waals surface area contributed by atoms with E-state index in [9.17, 15) is 13.2 Å². The van der Waals surface area contributed by atoms with Crippen LogP contribution in [0.1, 0.15) is 54.4 Å². The Hall–Kier alpha value is -4.55. The normalized spacial score (nSPS) is 18.1. The van der Waals surface area contributed by atoms with E-state index >= 15 is 0 Å². The number of amides is 1. The maximum absolute atomic E-state index is 14.4. The monoisotopic (exact) mass is 684 g/mol. The Kier molecular flexibility index (Phi) is 9.89. The van der Waals surface area contributed by atoms with Gasteiger partial charge in [-0.1, -0.05) is 51.1 Å². The number of sulfonamides is 1. The molecule has 4 bridgehead atoms. The Bertz CT molecular complexity index is 1920. The Morgan fingerprint density at radius 3 is 2.37 bits per heavy atom. The molecule has 1 N–H and O–H groups in total. The number of anilines is 2. The van der Waals surface area contributed by atoms with Crippen molar-refractivity contribution < 1.29 is 22.7 Å². The number of carbonyl (C=O) groups excluding carboxylic acids is 1. The van der Waals surface area contributed by atoms with Crippen molar-refractivity contribution in [3.8, 4) is 17.1 Å². The molecule has 1 fully saturated rings. The fourth-order valence-corrected chi connectivity index (χ4v) is 7.43. The molecule has 4 aromatic rings. The molecule has 1 atom stereocenters. The molecule has 0 unspecified atom stereocenters. The second kappa shape index (κ2) is 14.1. The Labute approximate surface area is 288 Å². The lowest BCUT2D eigenvalue weighted by Gasteiger charge is -2.36. The first kappa shape index (κ1) is 34.3. The largest absolute Gasteiger partial charge is 0.475 e. The van der Waals surface area contributed by atoms with Gasteiger partial charge in [0, 0.05) is 48.9 Å². The zero-order valence-electron chi connectivity index (χ0n) is 28.8. The lowest BCUT2D eigenvalue weighted by molar-refractivity contribution is 0.0540. The van der Waals surface area contributed by atoms with Gasteiger partial charge in [-0.2, -0.15) is 4.98 Å². The highest BCUT2D eigenvalue weighted by Gasteiger charge is 2.31. The minimum atomic E-state index is -4.16. The molecule has 11 nitrogen and oxygen atoms in total. The van der Waals surface area contributed by atoms with Crippen LogP contribution >= 0.6 is 0 Å². The third-order valence-electron chi connectivity index (χ3n) is 8.77. The van der Waals surface area contributed by atoms with Gasteiger partial charge in [-0.05, 0) is 67.1 Å². The van der Waals surface area contributed by atoms with E-state index in [-0.39, 0.29) is 46.3 Å². The third kappa shape index (κ3) is 8.19. The summed E-state index contributed by atoms with van der Waals surface area (Å²) in [5, 5.41) is 0. The summed E-state index contributed by atoms with van der Waals surface area (Å²) in [6.45, 7) is 13.7. The average molecular weight is 685 g/mol. The van der Waals surface area contributed by atoms with Crippen LogP contribution in [0.3, 0.4) is 0 Å². The summed E-state index contributed by atoms with van der Waals surface area (Å²) in [5.41, 5.74) is 4.33. The topological polar surface area (TPSA) is 127 Å². The number of ether oxygens (including phenoxy) is 2. The van der Waals surface area contributed by atoms with Gasteiger partial charge < -0.3 is 19.3 Å². The summed E-state index contributed by atoms with van der Waals surface area (Å²) in [7, 11) is -4.16. The van der Waals surface area contributed by atoms with Crippen molar-refractivity contribution in [2.45, 2.75) is 58.4 Å². The molecule has 2 aromatic heterocycles. The molecular weight excluding hydrogens is 641 g/mol. The van der Waals surface area contributed by atoms with Gasteiger partial charge >= 0.3 is 0 Å². The standard InChI is InChI=1S/C37H44N6O5S/c1-25-9-6-10-26(2)34(25)31-22-33-40-36(39-31)41-49(45,46)30-13-7-11-27(21-30)35(44)43(29(24-48-33)23-37(3,4)5)16-15-28-12-8-14-32(38-28)42-17-19-47-20-18-42/h6-14,21-22,29H,15-20,23-24H2,1-5H3,(H,39,40,41)/t29-/m1/s1. The van der Waals surface area contributed by atoms with Crippen molar-refractivity contribution >= 4 is 27.7 Å². The van der Waals surface area contributed by atoms with Crippen molar-refractivity contribution in [2.24, 2.45) is 5.41 Å². The number of carbonyl (C=O) groups is 1. The highest BCUT2D eigenvalue weighted by Crippen LogP contribution is 2.31. The van der Waals surface area contributed by atoms with Gasteiger partial charge in [-0.25, -0.2) is 23.1 Å². The van der Waals surface area contributed by atoms with E-state index < -0.39 is 10.0 Å². The highest BCUT2D eigenvalue weighted by molar-refractivity contribution is 7.92. The van der Waals surface area contributed by atoms with Gasteiger partial charge in [0.05, 0.1) is 29.8 Å². The minimum Gasteiger partial charge on any atom is -0.475 e. The van der Waals surface area contributed by atoms with E-state index in [1.807, 2.05) is 50.2 Å². The number of aromatic nitrogens is 3. The second-order valence-corrected chi connectivity index (χ2v) is 15.6. The molecule has 0 radical (unpaired) electrons. The number of hydrogen-bond donors (Lipinski definition) is 1. The molecule has 1 saturated heterocycles. The first-order chi connectivity index (χ1) is 23.4. The van der Waals surface area contributed by atoms with Crippen LogP contribution in [0.25, 0.3) is 11.3 Å². The van der Waals surface area contributed by atoms with Gasteiger partial charge in [0.1, 0.15) is 12.4 Å². The van der Waals surface area contributed by atoms with Crippen LogP contribution in [0.2, 0.25) is 0 Å². The van der Waals surface area contributed by atoms with Crippen molar-refractivity contribution in [3.05, 3.63) is 89.1 Å². The summed E-state index contributed by atoms with van der Waals surface area (Å²) >= 11 is 0. The molecular formula is C37H44N6O5S. The smallest absolute Gasteiger partial charge is 0.264 e. The molecule has 2 aliphatic heterocycles. The van der Waals surface area contributed by atoms with Gasteiger partial charge in [0.2, 0.25) is 11.8 Å². The molecule has 1 amide bonds. The zero-order chi connectivity index (χ0) is 34.8. The first-order valence-corrected chi connectivity index (χ1v) is 18.2. The summed E-state index contributed by atoms with van der Waals surface area (Å²) in [6.07, 6.45) is 1.12. The van der Waals surface area contributed by atoms with Crippen molar-refractivity contribution in [2.75, 3.05) is 49.1 Å². The fourth-order valence-electron chi connectivity index (χ4n) is 6.44. The average Bonchev–Trinajstić information content (AvgIpc) is 3.06. The Morgan fingerprint density at radius 2 is 1.63 bits per heavy atom. The van der Waals surface area contributed by atoms with E-state index in [0.29, 0.717) is 38.3 Å². The highest BCUT2D eigenvalue weighted by atomic mass is 32.2. The lowest BCUT2D eigenvalue weighted by atomic mass is 9.87. The third-order valence-corrected chi connectivity index (χ3v) is 10.1. The van der Waals surface area contributed by atoms with Crippen LogP contribution in [0.15, 0.2) is 71.6 Å². The maximum Gasteiger partial charge on any atom is 0.264 e. The summed E-state index contributed by atoms with van der Waals surface area (Å²) in [5.74, 6) is 0.702. The van der Waals surface area contributed by atoms with Crippen LogP contribution < -0.4 is 14.4 Å². The molecule has 0 saturated carbocycles. The van der Waals surface area contributed by atoms with E-state index in [0.717, 1.165) is 41.3 Å². The molecule has 2 aromatic carbocycles. The number of nitrogens with zero attached hydrogens (tertiary/aromatic N) is 5. The van der Waals surface area contributed by atoms with Crippen LogP contribution in [0, 0.1) is 19.3 Å². The molecule has 0 spiro atoms. The number of fused-ring (bicyclic) bond motifs is 4. The number of hydrogen-bond acceptors (Lipinski definition) is 9. The van der Waals surface area contributed by atoms with E-state index in [4.69, 9.17) is 14.5 Å². The van der Waals surface area contributed by atoms with Crippen LogP contribution in [0.5, 0.6) is 5.88 Å². The number of aryl methyl sites for hydroxylation is 2. The predicted octanol–water partition coefficient (Wildman–Crippen LogP) is 5.67. The SMILES string of the molecule is Cc1cccc(C)c1-c1cc2nc(n1)NS(=O)(=O)c1cccc(c1)C(=O)N(CCc1cccc(N3CCOCC3)n1)[C@H](CC(C)(C)C)CO2. The van der Waals surface area contributed by atoms with E-state index in [1.165, 1.54) is 12.1 Å². The zero-order valence-corrected chi connectivity index (χ0v) is 29.6. The number of morpholine rings is 1. The molecule has 258 valence electrons. The summed E-state index contributed by atoms with van der Waals surface area (Å²) in [4.78, 5) is 32.4.